The number of hydrogen-bond acceptors (Lipinski definition) is 4. The molecule has 1 fully saturated rings. The van der Waals surface area contributed by atoms with Crippen molar-refractivity contribution in [1.29, 1.82) is 0 Å². The highest BCUT2D eigenvalue weighted by Gasteiger charge is 2.29. The number of carbonyl (C=O) groups is 1. The summed E-state index contributed by atoms with van der Waals surface area (Å²) in [7, 11) is 0. The van der Waals surface area contributed by atoms with Gasteiger partial charge in [-0.1, -0.05) is 12.1 Å². The third-order valence-electron chi connectivity index (χ3n) is 3.71. The average molecular weight is 306 g/mol. The highest BCUT2D eigenvalue weighted by molar-refractivity contribution is 5.82. The number of amides is 1. The molecular formula is C17H26N2O3. The molecule has 1 unspecified atom stereocenters. The van der Waals surface area contributed by atoms with Crippen molar-refractivity contribution in [1.82, 2.24) is 10.6 Å². The lowest BCUT2D eigenvalue weighted by Gasteiger charge is -2.30. The van der Waals surface area contributed by atoms with E-state index >= 15 is 0 Å². The molecule has 1 heterocycles. The fraction of sp³-hybridized carbons (Fsp3) is 0.588. The standard InChI is InChI=1S/C17H26N2O3/c1-11(2)22-15-7-5-14(6-8-15)12(3)19-17(20)16-13(4)21-10-9-18-16/h5-8,11-13,16,18H,9-10H2,1-4H3,(H,19,20)/t12?,13-,16+/m1/s1. The van der Waals surface area contributed by atoms with Gasteiger partial charge in [-0.3, -0.25) is 4.79 Å². The molecule has 5 heteroatoms. The topological polar surface area (TPSA) is 59.6 Å². The highest BCUT2D eigenvalue weighted by atomic mass is 16.5. The second-order valence-corrected chi connectivity index (χ2v) is 5.97. The average Bonchev–Trinajstić information content (AvgIpc) is 2.47. The molecule has 3 atom stereocenters. The van der Waals surface area contributed by atoms with Crippen molar-refractivity contribution in [3.8, 4) is 5.75 Å². The van der Waals surface area contributed by atoms with Crippen LogP contribution in [0.3, 0.4) is 0 Å². The van der Waals surface area contributed by atoms with E-state index < -0.39 is 0 Å². The predicted molar refractivity (Wildman–Crippen MR) is 86.0 cm³/mol. The van der Waals surface area contributed by atoms with E-state index in [0.29, 0.717) is 13.2 Å². The third kappa shape index (κ3) is 4.45. The Hall–Kier alpha value is -1.59. The molecule has 0 radical (unpaired) electrons. The summed E-state index contributed by atoms with van der Waals surface area (Å²) in [5.74, 6) is 0.815. The molecule has 1 amide bonds. The number of ether oxygens (including phenoxy) is 2. The van der Waals surface area contributed by atoms with E-state index in [4.69, 9.17) is 9.47 Å². The van der Waals surface area contributed by atoms with Crippen molar-refractivity contribution in [3.05, 3.63) is 29.8 Å². The van der Waals surface area contributed by atoms with Crippen LogP contribution in [0.15, 0.2) is 24.3 Å². The van der Waals surface area contributed by atoms with Gasteiger partial charge in [-0.05, 0) is 45.4 Å². The minimum atomic E-state index is -0.292. The van der Waals surface area contributed by atoms with Gasteiger partial charge in [0.05, 0.1) is 24.9 Å². The first-order chi connectivity index (χ1) is 10.5. The van der Waals surface area contributed by atoms with Gasteiger partial charge in [0, 0.05) is 6.54 Å². The molecule has 0 aliphatic carbocycles. The van der Waals surface area contributed by atoms with E-state index in [1.54, 1.807) is 0 Å². The van der Waals surface area contributed by atoms with E-state index in [9.17, 15) is 4.79 Å². The first kappa shape index (κ1) is 16.8. The maximum atomic E-state index is 12.3. The zero-order valence-electron chi connectivity index (χ0n) is 13.8. The Morgan fingerprint density at radius 1 is 1.32 bits per heavy atom. The van der Waals surface area contributed by atoms with Gasteiger partial charge in [0.1, 0.15) is 11.8 Å². The number of nitrogens with one attached hydrogen (secondary N) is 2. The van der Waals surface area contributed by atoms with Gasteiger partial charge in [-0.15, -0.1) is 0 Å². The van der Waals surface area contributed by atoms with Gasteiger partial charge in [0.25, 0.3) is 0 Å². The summed E-state index contributed by atoms with van der Waals surface area (Å²) in [5, 5.41) is 6.23. The number of morpholine rings is 1. The molecule has 0 spiro atoms. The van der Waals surface area contributed by atoms with Crippen LogP contribution in [-0.4, -0.2) is 37.3 Å². The van der Waals surface area contributed by atoms with Gasteiger partial charge in [0.15, 0.2) is 0 Å². The van der Waals surface area contributed by atoms with E-state index in [0.717, 1.165) is 11.3 Å². The minimum absolute atomic E-state index is 0.0257. The fourth-order valence-electron chi connectivity index (χ4n) is 2.52. The molecule has 1 aliphatic heterocycles. The molecule has 1 aromatic carbocycles. The maximum absolute atomic E-state index is 12.3. The summed E-state index contributed by atoms with van der Waals surface area (Å²) in [4.78, 5) is 12.3. The van der Waals surface area contributed by atoms with Crippen molar-refractivity contribution >= 4 is 5.91 Å². The molecule has 1 saturated heterocycles. The summed E-state index contributed by atoms with van der Waals surface area (Å²) < 4.78 is 11.1. The molecule has 1 aliphatic rings. The Labute approximate surface area is 132 Å². The van der Waals surface area contributed by atoms with Gasteiger partial charge in [0.2, 0.25) is 5.91 Å². The van der Waals surface area contributed by atoms with E-state index in [1.807, 2.05) is 52.0 Å². The lowest BCUT2D eigenvalue weighted by Crippen LogP contribution is -2.55. The molecule has 5 nitrogen and oxygen atoms in total. The Morgan fingerprint density at radius 2 is 2.00 bits per heavy atom. The SMILES string of the molecule is CC(C)Oc1ccc(C(C)NC(=O)[C@H]2NCCO[C@@H]2C)cc1. The van der Waals surface area contributed by atoms with Crippen LogP contribution in [0.1, 0.15) is 39.3 Å². The van der Waals surface area contributed by atoms with Gasteiger partial charge in [-0.2, -0.15) is 0 Å². The summed E-state index contributed by atoms with van der Waals surface area (Å²) in [6.07, 6.45) is 0.0459. The second-order valence-electron chi connectivity index (χ2n) is 5.97. The predicted octanol–water partition coefficient (Wildman–Crippen LogP) is 2.03. The summed E-state index contributed by atoms with van der Waals surface area (Å²) in [6, 6.07) is 7.48. The highest BCUT2D eigenvalue weighted by Crippen LogP contribution is 2.19. The molecule has 0 bridgehead atoms. The fourth-order valence-corrected chi connectivity index (χ4v) is 2.52. The van der Waals surface area contributed by atoms with Crippen LogP contribution in [0.2, 0.25) is 0 Å². The minimum Gasteiger partial charge on any atom is -0.491 e. The molecule has 2 N–H and O–H groups in total. The normalized spacial score (nSPS) is 23.1. The Balaban J connectivity index is 1.93. The largest absolute Gasteiger partial charge is 0.491 e. The first-order valence-electron chi connectivity index (χ1n) is 7.89. The van der Waals surface area contributed by atoms with Crippen LogP contribution in [-0.2, 0) is 9.53 Å². The molecule has 122 valence electrons. The number of hydrogen-bond donors (Lipinski definition) is 2. The quantitative estimate of drug-likeness (QED) is 0.874. The zero-order valence-corrected chi connectivity index (χ0v) is 13.8. The van der Waals surface area contributed by atoms with Crippen molar-refractivity contribution in [2.75, 3.05) is 13.2 Å². The second kappa shape index (κ2) is 7.61. The van der Waals surface area contributed by atoms with E-state index in [2.05, 4.69) is 10.6 Å². The summed E-state index contributed by atoms with van der Waals surface area (Å²) in [6.45, 7) is 9.24. The van der Waals surface area contributed by atoms with Crippen LogP contribution in [0.5, 0.6) is 5.75 Å². The molecular weight excluding hydrogens is 280 g/mol. The Morgan fingerprint density at radius 3 is 2.59 bits per heavy atom. The number of carbonyl (C=O) groups excluding carboxylic acids is 1. The van der Waals surface area contributed by atoms with E-state index in [-0.39, 0.29) is 30.2 Å². The van der Waals surface area contributed by atoms with Crippen LogP contribution >= 0.6 is 0 Å². The zero-order chi connectivity index (χ0) is 16.1. The monoisotopic (exact) mass is 306 g/mol. The van der Waals surface area contributed by atoms with Gasteiger partial charge in [-0.25, -0.2) is 0 Å². The molecule has 22 heavy (non-hydrogen) atoms. The third-order valence-corrected chi connectivity index (χ3v) is 3.71. The van der Waals surface area contributed by atoms with Crippen LogP contribution in [0.4, 0.5) is 0 Å². The smallest absolute Gasteiger partial charge is 0.240 e. The summed E-state index contributed by atoms with van der Waals surface area (Å²) >= 11 is 0. The molecule has 0 saturated carbocycles. The molecule has 0 aromatic heterocycles. The van der Waals surface area contributed by atoms with Crippen molar-refractivity contribution < 1.29 is 14.3 Å². The van der Waals surface area contributed by atoms with Crippen LogP contribution in [0.25, 0.3) is 0 Å². The Kier molecular flexibility index (Phi) is 5.80. The van der Waals surface area contributed by atoms with Crippen molar-refractivity contribution in [2.45, 2.75) is 52.0 Å². The molecule has 1 aromatic rings. The van der Waals surface area contributed by atoms with E-state index in [1.165, 1.54) is 0 Å². The Bertz CT molecular complexity index is 487. The number of benzene rings is 1. The van der Waals surface area contributed by atoms with Crippen LogP contribution < -0.4 is 15.4 Å². The number of rotatable bonds is 5. The van der Waals surface area contributed by atoms with Crippen LogP contribution in [0, 0.1) is 0 Å². The van der Waals surface area contributed by atoms with Gasteiger partial charge < -0.3 is 20.1 Å². The van der Waals surface area contributed by atoms with Crippen molar-refractivity contribution in [3.63, 3.8) is 0 Å². The molecule has 2 rings (SSSR count). The summed E-state index contributed by atoms with van der Waals surface area (Å²) in [5.41, 5.74) is 1.05. The maximum Gasteiger partial charge on any atom is 0.240 e. The van der Waals surface area contributed by atoms with Gasteiger partial charge >= 0.3 is 0 Å². The van der Waals surface area contributed by atoms with Crippen molar-refractivity contribution in [2.24, 2.45) is 0 Å². The lowest BCUT2D eigenvalue weighted by molar-refractivity contribution is -0.129. The lowest BCUT2D eigenvalue weighted by atomic mass is 10.1. The first-order valence-corrected chi connectivity index (χ1v) is 7.89.